The predicted octanol–water partition coefficient (Wildman–Crippen LogP) is 4.06. The number of hydrogen-bond acceptors (Lipinski definition) is 2. The fourth-order valence-corrected chi connectivity index (χ4v) is 4.38. The fraction of sp³-hybridized carbons (Fsp3) is 0.652. The first-order valence-electron chi connectivity index (χ1n) is 10.9. The number of likely N-dealkylation sites (tertiary alicyclic amines) is 1. The van der Waals surface area contributed by atoms with E-state index in [-0.39, 0.29) is 29.9 Å². The highest BCUT2D eigenvalue weighted by Gasteiger charge is 2.40. The van der Waals surface area contributed by atoms with Crippen LogP contribution in [0.15, 0.2) is 29.3 Å². The molecule has 2 aliphatic rings. The summed E-state index contributed by atoms with van der Waals surface area (Å²) in [7, 11) is 1.84. The Bertz CT molecular complexity index is 696. The van der Waals surface area contributed by atoms with E-state index >= 15 is 0 Å². The summed E-state index contributed by atoms with van der Waals surface area (Å²) in [6.07, 6.45) is 5.01. The minimum Gasteiger partial charge on any atom is -0.354 e. The number of guanidine groups is 1. The summed E-state index contributed by atoms with van der Waals surface area (Å²) in [5, 5.41) is 7.17. The van der Waals surface area contributed by atoms with Gasteiger partial charge in [0.25, 0.3) is 0 Å². The van der Waals surface area contributed by atoms with Gasteiger partial charge in [0.05, 0.1) is 0 Å². The van der Waals surface area contributed by atoms with Crippen LogP contribution >= 0.6 is 24.0 Å². The quantitative estimate of drug-likeness (QED) is 0.344. The van der Waals surface area contributed by atoms with Crippen molar-refractivity contribution in [2.45, 2.75) is 70.9 Å². The van der Waals surface area contributed by atoms with Gasteiger partial charge >= 0.3 is 0 Å². The van der Waals surface area contributed by atoms with E-state index in [9.17, 15) is 4.79 Å². The van der Waals surface area contributed by atoms with Crippen LogP contribution in [-0.4, -0.2) is 49.0 Å². The van der Waals surface area contributed by atoms with E-state index in [0.717, 1.165) is 51.2 Å². The number of nitrogens with one attached hydrogen (secondary N) is 2. The highest BCUT2D eigenvalue weighted by molar-refractivity contribution is 14.0. The first-order valence-corrected chi connectivity index (χ1v) is 10.9. The van der Waals surface area contributed by atoms with Crippen LogP contribution in [0.25, 0.3) is 0 Å². The summed E-state index contributed by atoms with van der Waals surface area (Å²) in [4.78, 5) is 19.1. The Labute approximate surface area is 193 Å². The predicted molar refractivity (Wildman–Crippen MR) is 131 cm³/mol. The highest BCUT2D eigenvalue weighted by atomic mass is 127. The van der Waals surface area contributed by atoms with Crippen molar-refractivity contribution in [3.63, 3.8) is 0 Å². The second kappa shape index (κ2) is 11.2. The van der Waals surface area contributed by atoms with Crippen LogP contribution in [0.4, 0.5) is 0 Å². The molecule has 0 bridgehead atoms. The van der Waals surface area contributed by atoms with Gasteiger partial charge < -0.3 is 15.5 Å². The Morgan fingerprint density at radius 1 is 1.17 bits per heavy atom. The maximum atomic E-state index is 12.6. The molecule has 0 spiro atoms. The molecule has 3 rings (SSSR count). The molecule has 1 amide bonds. The molecule has 1 aliphatic carbocycles. The van der Waals surface area contributed by atoms with Gasteiger partial charge in [-0.1, -0.05) is 38.1 Å². The molecule has 5 nitrogen and oxygen atoms in total. The minimum absolute atomic E-state index is 0. The number of rotatable bonds is 6. The van der Waals surface area contributed by atoms with Crippen molar-refractivity contribution >= 4 is 35.8 Å². The lowest BCUT2D eigenvalue weighted by Crippen LogP contribution is -2.51. The van der Waals surface area contributed by atoms with E-state index < -0.39 is 0 Å². The molecule has 0 aromatic heterocycles. The standard InChI is InChI=1S/C23H36N4O.HI/c1-5-17(6-2)22(28)27-13-11-18(12-14-27)25-23(24-4)26-21-15-20(21)19-10-8-7-9-16(19)3;/h7-10,17-18,20-21H,5-6,11-15H2,1-4H3,(H2,24,25,26);1H. The molecule has 1 aromatic carbocycles. The lowest BCUT2D eigenvalue weighted by Gasteiger charge is -2.35. The molecule has 2 atom stereocenters. The molecular weight excluding hydrogens is 475 g/mol. The Kier molecular flexibility index (Phi) is 9.24. The Balaban J connectivity index is 0.00000300. The van der Waals surface area contributed by atoms with Gasteiger partial charge in [0.15, 0.2) is 5.96 Å². The van der Waals surface area contributed by atoms with E-state index in [1.165, 1.54) is 11.1 Å². The van der Waals surface area contributed by atoms with Gasteiger partial charge in [-0.3, -0.25) is 9.79 Å². The van der Waals surface area contributed by atoms with E-state index in [2.05, 4.69) is 65.6 Å². The molecule has 1 aliphatic heterocycles. The third-order valence-corrected chi connectivity index (χ3v) is 6.41. The monoisotopic (exact) mass is 512 g/mol. The molecular formula is C23H37IN4O. The normalized spacial score (nSPS) is 22.2. The molecule has 1 aromatic rings. The molecule has 1 saturated carbocycles. The smallest absolute Gasteiger partial charge is 0.225 e. The summed E-state index contributed by atoms with van der Waals surface area (Å²) in [6.45, 7) is 8.10. The van der Waals surface area contributed by atoms with Gasteiger partial charge in [0, 0.05) is 44.1 Å². The number of aliphatic imine (C=N–C) groups is 1. The maximum absolute atomic E-state index is 12.6. The van der Waals surface area contributed by atoms with Crippen LogP contribution in [0, 0.1) is 12.8 Å². The number of benzene rings is 1. The van der Waals surface area contributed by atoms with E-state index in [1.54, 1.807) is 0 Å². The summed E-state index contributed by atoms with van der Waals surface area (Å²) in [5.74, 6) is 2.00. The van der Waals surface area contributed by atoms with E-state index in [0.29, 0.717) is 23.9 Å². The van der Waals surface area contributed by atoms with Crippen LogP contribution in [0.2, 0.25) is 0 Å². The first kappa shape index (κ1) is 24.0. The second-order valence-electron chi connectivity index (χ2n) is 8.28. The summed E-state index contributed by atoms with van der Waals surface area (Å²) < 4.78 is 0. The number of hydrogen-bond donors (Lipinski definition) is 2. The van der Waals surface area contributed by atoms with Crippen LogP contribution < -0.4 is 10.6 Å². The first-order chi connectivity index (χ1) is 13.6. The van der Waals surface area contributed by atoms with Crippen LogP contribution in [0.1, 0.15) is 63.0 Å². The summed E-state index contributed by atoms with van der Waals surface area (Å²) in [6, 6.07) is 9.50. The van der Waals surface area contributed by atoms with Gasteiger partial charge in [-0.15, -0.1) is 24.0 Å². The van der Waals surface area contributed by atoms with Gasteiger partial charge in [-0.05, 0) is 50.2 Å². The Hall–Kier alpha value is -1.31. The molecule has 6 heteroatoms. The van der Waals surface area contributed by atoms with Crippen molar-refractivity contribution < 1.29 is 4.79 Å². The van der Waals surface area contributed by atoms with Crippen LogP contribution in [0.3, 0.4) is 0 Å². The molecule has 162 valence electrons. The largest absolute Gasteiger partial charge is 0.354 e. The summed E-state index contributed by atoms with van der Waals surface area (Å²) in [5.41, 5.74) is 2.82. The van der Waals surface area contributed by atoms with Crippen molar-refractivity contribution in [2.75, 3.05) is 20.1 Å². The molecule has 2 fully saturated rings. The molecule has 2 N–H and O–H groups in total. The van der Waals surface area contributed by atoms with Crippen LogP contribution in [0.5, 0.6) is 0 Å². The number of aryl methyl sites for hydroxylation is 1. The maximum Gasteiger partial charge on any atom is 0.225 e. The van der Waals surface area contributed by atoms with Gasteiger partial charge in [0.2, 0.25) is 5.91 Å². The van der Waals surface area contributed by atoms with Crippen molar-refractivity contribution in [3.8, 4) is 0 Å². The molecule has 2 unspecified atom stereocenters. The second-order valence-corrected chi connectivity index (χ2v) is 8.28. The summed E-state index contributed by atoms with van der Waals surface area (Å²) >= 11 is 0. The van der Waals surface area contributed by atoms with Crippen molar-refractivity contribution in [2.24, 2.45) is 10.9 Å². The zero-order valence-corrected chi connectivity index (χ0v) is 20.6. The number of carbonyl (C=O) groups is 1. The lowest BCUT2D eigenvalue weighted by atomic mass is 9.98. The molecule has 0 radical (unpaired) electrons. The highest BCUT2D eigenvalue weighted by Crippen LogP contribution is 2.42. The average molecular weight is 512 g/mol. The fourth-order valence-electron chi connectivity index (χ4n) is 4.38. The number of carbonyl (C=O) groups excluding carboxylic acids is 1. The zero-order chi connectivity index (χ0) is 20.1. The minimum atomic E-state index is 0. The molecule has 1 heterocycles. The van der Waals surface area contributed by atoms with Crippen LogP contribution in [-0.2, 0) is 4.79 Å². The Morgan fingerprint density at radius 2 is 1.83 bits per heavy atom. The Morgan fingerprint density at radius 3 is 2.41 bits per heavy atom. The number of nitrogens with zero attached hydrogens (tertiary/aromatic N) is 2. The number of halogens is 1. The van der Waals surface area contributed by atoms with Gasteiger partial charge in [0.1, 0.15) is 0 Å². The van der Waals surface area contributed by atoms with Crippen molar-refractivity contribution in [1.29, 1.82) is 0 Å². The molecule has 1 saturated heterocycles. The van der Waals surface area contributed by atoms with Gasteiger partial charge in [-0.25, -0.2) is 0 Å². The number of amides is 1. The van der Waals surface area contributed by atoms with E-state index in [4.69, 9.17) is 0 Å². The lowest BCUT2D eigenvalue weighted by molar-refractivity contribution is -0.136. The van der Waals surface area contributed by atoms with Crippen molar-refractivity contribution in [3.05, 3.63) is 35.4 Å². The topological polar surface area (TPSA) is 56.7 Å². The van der Waals surface area contributed by atoms with Gasteiger partial charge in [-0.2, -0.15) is 0 Å². The van der Waals surface area contributed by atoms with E-state index in [1.807, 2.05) is 7.05 Å². The number of piperidine rings is 1. The third kappa shape index (κ3) is 6.09. The molecule has 29 heavy (non-hydrogen) atoms. The zero-order valence-electron chi connectivity index (χ0n) is 18.3. The van der Waals surface area contributed by atoms with Crippen molar-refractivity contribution in [1.82, 2.24) is 15.5 Å². The SMILES string of the molecule is CCC(CC)C(=O)N1CCC(NC(=NC)NC2CC2c2ccccc2C)CC1.I. The third-order valence-electron chi connectivity index (χ3n) is 6.41. The average Bonchev–Trinajstić information content (AvgIpc) is 3.48.